The van der Waals surface area contributed by atoms with E-state index in [2.05, 4.69) is 41.0 Å². The van der Waals surface area contributed by atoms with Gasteiger partial charge in [-0.3, -0.25) is 4.90 Å². The molecule has 2 saturated heterocycles. The highest BCUT2D eigenvalue weighted by molar-refractivity contribution is 5.64. The average Bonchev–Trinajstić information content (AvgIpc) is 3.16. The Balaban J connectivity index is 1.53. The summed E-state index contributed by atoms with van der Waals surface area (Å²) in [6.45, 7) is 7.33. The van der Waals surface area contributed by atoms with E-state index in [1.54, 1.807) is 14.2 Å². The van der Waals surface area contributed by atoms with Gasteiger partial charge in [0.15, 0.2) is 0 Å². The summed E-state index contributed by atoms with van der Waals surface area (Å²) in [6.07, 6.45) is 0.724. The van der Waals surface area contributed by atoms with Crippen molar-refractivity contribution in [1.82, 2.24) is 4.90 Å². The number of aryl methyl sites for hydroxylation is 1. The van der Waals surface area contributed by atoms with Crippen LogP contribution >= 0.6 is 0 Å². The van der Waals surface area contributed by atoms with Gasteiger partial charge in [-0.1, -0.05) is 29.8 Å². The Morgan fingerprint density at radius 2 is 1.70 bits per heavy atom. The summed E-state index contributed by atoms with van der Waals surface area (Å²) in [6, 6.07) is 12.4. The molecule has 1 N–H and O–H groups in total. The largest absolute Gasteiger partial charge is 0.496 e. The molecule has 2 aliphatic rings. The lowest BCUT2D eigenvalue weighted by Crippen LogP contribution is -2.36. The van der Waals surface area contributed by atoms with Crippen LogP contribution in [0, 0.1) is 6.92 Å². The fourth-order valence-electron chi connectivity index (χ4n) is 4.47. The van der Waals surface area contributed by atoms with E-state index >= 15 is 0 Å². The van der Waals surface area contributed by atoms with Crippen molar-refractivity contribution in [2.75, 3.05) is 58.5 Å². The van der Waals surface area contributed by atoms with Crippen molar-refractivity contribution in [3.05, 3.63) is 53.1 Å². The summed E-state index contributed by atoms with van der Waals surface area (Å²) >= 11 is 0. The Hall–Kier alpha value is -2.28. The molecule has 2 heterocycles. The fraction of sp³-hybridized carbons (Fsp3) is 0.500. The van der Waals surface area contributed by atoms with Crippen LogP contribution in [0.3, 0.4) is 0 Å². The molecule has 0 aliphatic carbocycles. The molecule has 30 heavy (non-hydrogen) atoms. The molecule has 2 fully saturated rings. The molecule has 0 saturated carbocycles. The second kappa shape index (κ2) is 8.84. The van der Waals surface area contributed by atoms with E-state index in [4.69, 9.17) is 14.2 Å². The van der Waals surface area contributed by atoms with Crippen molar-refractivity contribution in [3.63, 3.8) is 0 Å². The van der Waals surface area contributed by atoms with Gasteiger partial charge in [0.05, 0.1) is 33.1 Å². The predicted octanol–water partition coefficient (Wildman–Crippen LogP) is 2.94. The van der Waals surface area contributed by atoms with E-state index in [0.29, 0.717) is 13.1 Å². The van der Waals surface area contributed by atoms with Gasteiger partial charge in [-0.15, -0.1) is 0 Å². The van der Waals surface area contributed by atoms with Crippen LogP contribution in [-0.2, 0) is 16.9 Å². The minimum atomic E-state index is -0.807. The third-order valence-electron chi connectivity index (χ3n) is 6.24. The summed E-state index contributed by atoms with van der Waals surface area (Å²) < 4.78 is 16.9. The maximum atomic E-state index is 11.2. The molecule has 2 aliphatic heterocycles. The molecule has 0 bridgehead atoms. The minimum Gasteiger partial charge on any atom is -0.496 e. The molecular formula is C24H32N2O4. The van der Waals surface area contributed by atoms with E-state index in [9.17, 15) is 5.11 Å². The normalized spacial score (nSPS) is 22.3. The smallest absolute Gasteiger partial charge is 0.142 e. The lowest BCUT2D eigenvalue weighted by molar-refractivity contribution is 0.0452. The SMILES string of the molecule is COc1cc(N2CCOCC2)c(OC)cc1CN1CCC(O)(c2ccc(C)cc2)C1. The highest BCUT2D eigenvalue weighted by atomic mass is 16.5. The van der Waals surface area contributed by atoms with Crippen molar-refractivity contribution < 1.29 is 19.3 Å². The number of rotatable bonds is 6. The number of methoxy groups -OCH3 is 2. The number of β-amino-alcohol motifs (C(OH)–C–C–N with tert-alkyl or cyclic N) is 1. The van der Waals surface area contributed by atoms with Gasteiger partial charge < -0.3 is 24.2 Å². The van der Waals surface area contributed by atoms with Gasteiger partial charge in [-0.2, -0.15) is 0 Å². The quantitative estimate of drug-likeness (QED) is 0.787. The summed E-state index contributed by atoms with van der Waals surface area (Å²) in [5.74, 6) is 1.70. The molecule has 6 nitrogen and oxygen atoms in total. The average molecular weight is 413 g/mol. The van der Waals surface area contributed by atoms with E-state index in [1.807, 2.05) is 12.1 Å². The van der Waals surface area contributed by atoms with E-state index < -0.39 is 5.60 Å². The van der Waals surface area contributed by atoms with E-state index in [-0.39, 0.29) is 0 Å². The molecule has 0 radical (unpaired) electrons. The Kier molecular flexibility index (Phi) is 6.18. The molecule has 162 valence electrons. The van der Waals surface area contributed by atoms with Crippen LogP contribution in [0.4, 0.5) is 5.69 Å². The molecular weight excluding hydrogens is 380 g/mol. The molecule has 0 spiro atoms. The molecule has 6 heteroatoms. The Morgan fingerprint density at radius 1 is 1.00 bits per heavy atom. The van der Waals surface area contributed by atoms with Crippen molar-refractivity contribution >= 4 is 5.69 Å². The number of aliphatic hydroxyl groups is 1. The maximum absolute atomic E-state index is 11.2. The molecule has 0 amide bonds. The first kappa shape index (κ1) is 21.0. The van der Waals surface area contributed by atoms with Crippen LogP contribution < -0.4 is 14.4 Å². The van der Waals surface area contributed by atoms with Gasteiger partial charge in [-0.25, -0.2) is 0 Å². The zero-order valence-corrected chi connectivity index (χ0v) is 18.2. The van der Waals surface area contributed by atoms with Crippen LogP contribution in [-0.4, -0.2) is 63.6 Å². The molecule has 2 aromatic carbocycles. The van der Waals surface area contributed by atoms with Crippen LogP contribution in [0.15, 0.2) is 36.4 Å². The number of hydrogen-bond donors (Lipinski definition) is 1. The third kappa shape index (κ3) is 4.26. The number of anilines is 1. The van der Waals surface area contributed by atoms with Crippen LogP contribution in [0.5, 0.6) is 11.5 Å². The third-order valence-corrected chi connectivity index (χ3v) is 6.24. The number of ether oxygens (including phenoxy) is 3. The van der Waals surface area contributed by atoms with Crippen LogP contribution in [0.1, 0.15) is 23.1 Å². The first-order chi connectivity index (χ1) is 14.5. The summed E-state index contributed by atoms with van der Waals surface area (Å²) in [7, 11) is 3.42. The first-order valence-electron chi connectivity index (χ1n) is 10.6. The topological polar surface area (TPSA) is 54.4 Å². The highest BCUT2D eigenvalue weighted by Gasteiger charge is 2.37. The molecule has 1 atom stereocenters. The Morgan fingerprint density at radius 3 is 2.37 bits per heavy atom. The van der Waals surface area contributed by atoms with Gasteiger partial charge >= 0.3 is 0 Å². The highest BCUT2D eigenvalue weighted by Crippen LogP contribution is 2.38. The van der Waals surface area contributed by atoms with Crippen molar-refractivity contribution in [2.45, 2.75) is 25.5 Å². The zero-order valence-electron chi connectivity index (χ0n) is 18.2. The summed E-state index contributed by atoms with van der Waals surface area (Å²) in [5, 5.41) is 11.2. The number of nitrogens with zero attached hydrogens (tertiary/aromatic N) is 2. The molecule has 0 aromatic heterocycles. The van der Waals surface area contributed by atoms with Crippen LogP contribution in [0.25, 0.3) is 0 Å². The lowest BCUT2D eigenvalue weighted by Gasteiger charge is -2.31. The zero-order chi connectivity index (χ0) is 21.1. The second-order valence-electron chi connectivity index (χ2n) is 8.29. The molecule has 2 aromatic rings. The van der Waals surface area contributed by atoms with Gasteiger partial charge in [0.1, 0.15) is 17.1 Å². The number of likely N-dealkylation sites (tertiary alicyclic amines) is 1. The van der Waals surface area contributed by atoms with Gasteiger partial charge in [0.25, 0.3) is 0 Å². The van der Waals surface area contributed by atoms with Crippen LogP contribution in [0.2, 0.25) is 0 Å². The fourth-order valence-corrected chi connectivity index (χ4v) is 4.47. The standard InChI is InChI=1S/C24H32N2O4/c1-18-4-6-20(7-5-18)24(27)8-9-25(17-24)16-19-14-23(29-3)21(15-22(19)28-2)26-10-12-30-13-11-26/h4-7,14-15,27H,8-13,16-17H2,1-3H3. The van der Waals surface area contributed by atoms with Crippen molar-refractivity contribution in [3.8, 4) is 11.5 Å². The minimum absolute atomic E-state index is 0.604. The Bertz CT molecular complexity index is 864. The Labute approximate surface area is 179 Å². The number of morpholine rings is 1. The summed E-state index contributed by atoms with van der Waals surface area (Å²) in [4.78, 5) is 4.56. The maximum Gasteiger partial charge on any atom is 0.142 e. The molecule has 1 unspecified atom stereocenters. The molecule has 4 rings (SSSR count). The van der Waals surface area contributed by atoms with Gasteiger partial charge in [-0.05, 0) is 25.0 Å². The van der Waals surface area contributed by atoms with Gasteiger partial charge in [0.2, 0.25) is 0 Å². The van der Waals surface area contributed by atoms with E-state index in [0.717, 1.165) is 67.6 Å². The second-order valence-corrected chi connectivity index (χ2v) is 8.29. The summed E-state index contributed by atoms with van der Waals surface area (Å²) in [5.41, 5.74) is 3.49. The lowest BCUT2D eigenvalue weighted by atomic mass is 9.92. The van der Waals surface area contributed by atoms with Crippen molar-refractivity contribution in [1.29, 1.82) is 0 Å². The predicted molar refractivity (Wildman–Crippen MR) is 118 cm³/mol. The monoisotopic (exact) mass is 412 g/mol. The number of benzene rings is 2. The van der Waals surface area contributed by atoms with E-state index in [1.165, 1.54) is 5.56 Å². The first-order valence-corrected chi connectivity index (χ1v) is 10.6. The van der Waals surface area contributed by atoms with Crippen molar-refractivity contribution in [2.24, 2.45) is 0 Å². The van der Waals surface area contributed by atoms with Gasteiger partial charge in [0, 0.05) is 44.4 Å². The number of hydrogen-bond acceptors (Lipinski definition) is 6.